The molecule has 70 valence electrons. The zero-order chi connectivity index (χ0) is 9.45. The van der Waals surface area contributed by atoms with Crippen LogP contribution in [-0.2, 0) is 0 Å². The summed E-state index contributed by atoms with van der Waals surface area (Å²) in [5, 5.41) is 11.5. The quantitative estimate of drug-likeness (QED) is 0.468. The molecule has 1 unspecified atom stereocenters. The first-order valence-corrected chi connectivity index (χ1v) is 4.25. The van der Waals surface area contributed by atoms with Crippen molar-refractivity contribution in [3.63, 3.8) is 0 Å². The van der Waals surface area contributed by atoms with Crippen molar-refractivity contribution in [3.8, 4) is 0 Å². The highest BCUT2D eigenvalue weighted by Gasteiger charge is 2.17. The maximum Gasteiger partial charge on any atom is 0.0931 e. The van der Waals surface area contributed by atoms with Gasteiger partial charge in [0.2, 0.25) is 0 Å². The van der Waals surface area contributed by atoms with Crippen LogP contribution in [0.4, 0.5) is 0 Å². The van der Waals surface area contributed by atoms with Crippen molar-refractivity contribution in [1.29, 1.82) is 0 Å². The number of nitrogens with one attached hydrogen (secondary N) is 1. The summed E-state index contributed by atoms with van der Waals surface area (Å²) in [5.74, 6) is 0. The van der Waals surface area contributed by atoms with Crippen molar-refractivity contribution < 1.29 is 5.11 Å². The summed E-state index contributed by atoms with van der Waals surface area (Å²) >= 11 is 0. The van der Waals surface area contributed by atoms with E-state index in [2.05, 4.69) is 24.9 Å². The molecule has 0 aromatic carbocycles. The van der Waals surface area contributed by atoms with Gasteiger partial charge in [0.1, 0.15) is 0 Å². The molecule has 0 heterocycles. The van der Waals surface area contributed by atoms with Gasteiger partial charge in [-0.2, -0.15) is 0 Å². The number of aliphatic hydroxyl groups is 1. The van der Waals surface area contributed by atoms with E-state index in [-0.39, 0.29) is 12.1 Å². The van der Waals surface area contributed by atoms with Gasteiger partial charge in [-0.1, -0.05) is 25.2 Å². The summed E-state index contributed by atoms with van der Waals surface area (Å²) < 4.78 is 0. The molecular weight excluding hydrogens is 150 g/mol. The van der Waals surface area contributed by atoms with Gasteiger partial charge in [0, 0.05) is 12.0 Å². The predicted molar refractivity (Wildman–Crippen MR) is 52.8 cm³/mol. The molecule has 0 aliphatic rings. The van der Waals surface area contributed by atoms with Crippen LogP contribution in [0.3, 0.4) is 0 Å². The molecule has 0 aromatic heterocycles. The second-order valence-electron chi connectivity index (χ2n) is 3.23. The normalized spacial score (nSPS) is 16.2. The lowest BCUT2D eigenvalue weighted by molar-refractivity contribution is 0.238. The first-order chi connectivity index (χ1) is 5.68. The van der Waals surface area contributed by atoms with Gasteiger partial charge >= 0.3 is 0 Å². The van der Waals surface area contributed by atoms with Crippen LogP contribution in [0.1, 0.15) is 20.3 Å². The third-order valence-electron chi connectivity index (χ3n) is 1.82. The van der Waals surface area contributed by atoms with Gasteiger partial charge in [-0.15, -0.1) is 6.58 Å². The molecule has 0 aliphatic carbocycles. The average molecular weight is 169 g/mol. The summed E-state index contributed by atoms with van der Waals surface area (Å²) in [6.07, 6.45) is 6.99. The summed E-state index contributed by atoms with van der Waals surface area (Å²) in [5.41, 5.74) is 0.0826. The molecule has 2 heteroatoms. The number of allylic oxidation sites excluding steroid dienone is 2. The van der Waals surface area contributed by atoms with Crippen LogP contribution in [0.5, 0.6) is 0 Å². The van der Waals surface area contributed by atoms with E-state index in [9.17, 15) is 0 Å². The van der Waals surface area contributed by atoms with Gasteiger partial charge < -0.3 is 5.11 Å². The first kappa shape index (κ1) is 11.4. The molecular formula is C10H19NO. The highest BCUT2D eigenvalue weighted by molar-refractivity contribution is 5.00. The molecule has 0 amide bonds. The van der Waals surface area contributed by atoms with Gasteiger partial charge in [-0.25, -0.2) is 0 Å². The largest absolute Gasteiger partial charge is 0.381 e. The van der Waals surface area contributed by atoms with Gasteiger partial charge in [-0.05, 0) is 13.3 Å². The maximum atomic E-state index is 8.61. The second-order valence-corrected chi connectivity index (χ2v) is 3.23. The summed E-state index contributed by atoms with van der Waals surface area (Å²) in [6, 6.07) is 0. The van der Waals surface area contributed by atoms with Crippen LogP contribution in [0.2, 0.25) is 0 Å². The van der Waals surface area contributed by atoms with Crippen LogP contribution in [0, 0.1) is 5.41 Å². The lowest BCUT2D eigenvalue weighted by atomic mass is 9.86. The predicted octanol–water partition coefficient (Wildman–Crippen LogP) is 1.68. The Balaban J connectivity index is 4.07. The minimum Gasteiger partial charge on any atom is -0.381 e. The Bertz CT molecular complexity index is 154. The molecule has 2 N–H and O–H groups in total. The van der Waals surface area contributed by atoms with Gasteiger partial charge in [0.25, 0.3) is 0 Å². The van der Waals surface area contributed by atoms with Crippen LogP contribution < -0.4 is 5.32 Å². The minimum atomic E-state index is 0.0320. The molecule has 0 rings (SSSR count). The Morgan fingerprint density at radius 2 is 2.25 bits per heavy atom. The molecule has 0 aromatic rings. The van der Waals surface area contributed by atoms with E-state index >= 15 is 0 Å². The van der Waals surface area contributed by atoms with E-state index in [4.69, 9.17) is 5.11 Å². The third kappa shape index (κ3) is 4.31. The van der Waals surface area contributed by atoms with E-state index in [1.807, 2.05) is 19.1 Å². The van der Waals surface area contributed by atoms with Crippen LogP contribution in [0.15, 0.2) is 24.8 Å². The number of hydrogen-bond acceptors (Lipinski definition) is 2. The van der Waals surface area contributed by atoms with Gasteiger partial charge in [-0.3, -0.25) is 5.32 Å². The van der Waals surface area contributed by atoms with Crippen molar-refractivity contribution in [2.24, 2.45) is 5.41 Å². The van der Waals surface area contributed by atoms with Crippen molar-refractivity contribution in [2.45, 2.75) is 20.3 Å². The monoisotopic (exact) mass is 169 g/mol. The van der Waals surface area contributed by atoms with Crippen molar-refractivity contribution >= 4 is 0 Å². The van der Waals surface area contributed by atoms with E-state index in [0.717, 1.165) is 13.0 Å². The third-order valence-corrected chi connectivity index (χ3v) is 1.82. The highest BCUT2D eigenvalue weighted by atomic mass is 16.3. The molecule has 0 aliphatic heterocycles. The van der Waals surface area contributed by atoms with Gasteiger partial charge in [0.05, 0.1) is 6.73 Å². The Morgan fingerprint density at radius 3 is 2.67 bits per heavy atom. The Kier molecular flexibility index (Phi) is 5.68. The maximum absolute atomic E-state index is 8.61. The summed E-state index contributed by atoms with van der Waals surface area (Å²) in [7, 11) is 0. The van der Waals surface area contributed by atoms with Crippen LogP contribution in [0.25, 0.3) is 0 Å². The van der Waals surface area contributed by atoms with E-state index < -0.39 is 0 Å². The van der Waals surface area contributed by atoms with Gasteiger partial charge in [0.15, 0.2) is 0 Å². The highest BCUT2D eigenvalue weighted by Crippen LogP contribution is 2.22. The topological polar surface area (TPSA) is 32.3 Å². The fraction of sp³-hybridized carbons (Fsp3) is 0.600. The number of hydrogen-bond donors (Lipinski definition) is 2. The zero-order valence-electron chi connectivity index (χ0n) is 8.01. The summed E-state index contributed by atoms with van der Waals surface area (Å²) in [6.45, 7) is 8.66. The molecule has 2 nitrogen and oxygen atoms in total. The zero-order valence-corrected chi connectivity index (χ0v) is 8.01. The van der Waals surface area contributed by atoms with E-state index in [0.29, 0.717) is 0 Å². The molecule has 0 fully saturated rings. The molecule has 0 bridgehead atoms. The fourth-order valence-electron chi connectivity index (χ4n) is 1.27. The number of rotatable bonds is 6. The fourth-order valence-corrected chi connectivity index (χ4v) is 1.27. The molecule has 0 saturated carbocycles. The van der Waals surface area contributed by atoms with Crippen molar-refractivity contribution in [3.05, 3.63) is 24.8 Å². The van der Waals surface area contributed by atoms with Crippen LogP contribution in [-0.4, -0.2) is 18.4 Å². The molecule has 12 heavy (non-hydrogen) atoms. The summed E-state index contributed by atoms with van der Waals surface area (Å²) in [4.78, 5) is 0. The standard InChI is InChI=1S/C10H19NO/c1-4-6-10(3,7-5-2)8-11-9-12/h4-5,7,11-12H,1,6,8-9H2,2-3H3/b7-5-. The number of aliphatic hydroxyl groups excluding tert-OH is 1. The average Bonchev–Trinajstić information content (AvgIpc) is 2.02. The second kappa shape index (κ2) is 5.98. The molecule has 0 radical (unpaired) electrons. The Hall–Kier alpha value is -0.600. The Morgan fingerprint density at radius 1 is 1.58 bits per heavy atom. The van der Waals surface area contributed by atoms with Crippen molar-refractivity contribution in [2.75, 3.05) is 13.3 Å². The first-order valence-electron chi connectivity index (χ1n) is 4.25. The molecule has 0 spiro atoms. The SMILES string of the molecule is C=CCC(C)(/C=C\C)CNCO. The minimum absolute atomic E-state index is 0.0320. The molecule has 0 saturated heterocycles. The van der Waals surface area contributed by atoms with E-state index in [1.54, 1.807) is 0 Å². The lowest BCUT2D eigenvalue weighted by Gasteiger charge is -2.24. The van der Waals surface area contributed by atoms with Crippen molar-refractivity contribution in [1.82, 2.24) is 5.32 Å². The molecule has 1 atom stereocenters. The van der Waals surface area contributed by atoms with Crippen LogP contribution >= 0.6 is 0 Å². The smallest absolute Gasteiger partial charge is 0.0931 e. The lowest BCUT2D eigenvalue weighted by Crippen LogP contribution is -2.30. The Labute approximate surface area is 75.0 Å². The van der Waals surface area contributed by atoms with E-state index in [1.165, 1.54) is 0 Å².